The van der Waals surface area contributed by atoms with Crippen LogP contribution in [0.15, 0.2) is 48.7 Å². The van der Waals surface area contributed by atoms with Gasteiger partial charge in [0, 0.05) is 36.1 Å². The average Bonchev–Trinajstić information content (AvgIpc) is 3.51. The molecular formula is C24H20F4N4O3. The Kier molecular flexibility index (Phi) is 5.81. The van der Waals surface area contributed by atoms with Crippen LogP contribution < -0.4 is 4.90 Å². The number of alkyl halides is 3. The lowest BCUT2D eigenvalue weighted by atomic mass is 9.99. The monoisotopic (exact) mass is 488 g/mol. The molecule has 0 bridgehead atoms. The van der Waals surface area contributed by atoms with E-state index in [1.165, 1.54) is 30.5 Å². The summed E-state index contributed by atoms with van der Waals surface area (Å²) in [6.07, 6.45) is -3.74. The number of hydrogen-bond donors (Lipinski definition) is 3. The number of imidazole rings is 1. The number of morpholine rings is 1. The van der Waals surface area contributed by atoms with E-state index in [9.17, 15) is 27.5 Å². The number of H-pyrrole nitrogens is 2. The topological polar surface area (TPSA) is 94.2 Å². The molecular weight excluding hydrogens is 468 g/mol. The normalized spacial score (nSPS) is 16.7. The Labute approximate surface area is 196 Å². The minimum Gasteiger partial charge on any atom is -0.394 e. The third-order valence-corrected chi connectivity index (χ3v) is 5.91. The van der Waals surface area contributed by atoms with Crippen LogP contribution in [-0.2, 0) is 10.9 Å². The van der Waals surface area contributed by atoms with E-state index >= 15 is 0 Å². The Morgan fingerprint density at radius 1 is 1.23 bits per heavy atom. The van der Waals surface area contributed by atoms with Crippen molar-refractivity contribution < 1.29 is 32.2 Å². The highest BCUT2D eigenvalue weighted by Gasteiger charge is 2.35. The van der Waals surface area contributed by atoms with Crippen LogP contribution in [0, 0.1) is 5.82 Å². The molecule has 5 rings (SSSR count). The number of fused-ring (bicyclic) bond motifs is 1. The zero-order valence-corrected chi connectivity index (χ0v) is 18.2. The average molecular weight is 488 g/mol. The molecule has 0 amide bonds. The van der Waals surface area contributed by atoms with Crippen LogP contribution in [0.3, 0.4) is 0 Å². The lowest BCUT2D eigenvalue weighted by Gasteiger charge is -2.33. The molecule has 2 aromatic carbocycles. The predicted molar refractivity (Wildman–Crippen MR) is 120 cm³/mol. The molecule has 4 aromatic rings. The van der Waals surface area contributed by atoms with Crippen LogP contribution >= 0.6 is 0 Å². The number of aliphatic hydroxyl groups is 1. The summed E-state index contributed by atoms with van der Waals surface area (Å²) in [5, 5.41) is 9.36. The zero-order valence-electron chi connectivity index (χ0n) is 18.2. The molecule has 1 aliphatic heterocycles. The fraction of sp³-hybridized carbons (Fsp3) is 0.250. The van der Waals surface area contributed by atoms with Crippen LogP contribution in [0.25, 0.3) is 22.6 Å². The second kappa shape index (κ2) is 8.82. The van der Waals surface area contributed by atoms with E-state index < -0.39 is 28.9 Å². The van der Waals surface area contributed by atoms with Gasteiger partial charge in [-0.25, -0.2) is 9.37 Å². The third-order valence-electron chi connectivity index (χ3n) is 5.91. The molecule has 3 heterocycles. The number of carbonyl (C=O) groups is 1. The van der Waals surface area contributed by atoms with E-state index in [1.807, 2.05) is 4.90 Å². The number of hydrogen-bond acceptors (Lipinski definition) is 5. The van der Waals surface area contributed by atoms with E-state index in [0.717, 1.165) is 12.1 Å². The fourth-order valence-corrected chi connectivity index (χ4v) is 4.18. The summed E-state index contributed by atoms with van der Waals surface area (Å²) < 4.78 is 60.3. The number of aromatic amines is 2. The molecule has 0 radical (unpaired) electrons. The van der Waals surface area contributed by atoms with E-state index in [4.69, 9.17) is 4.74 Å². The number of carbonyl (C=O) groups excluding carboxylic acids is 1. The molecule has 2 aromatic heterocycles. The van der Waals surface area contributed by atoms with Crippen LogP contribution in [0.4, 0.5) is 23.2 Å². The van der Waals surface area contributed by atoms with Gasteiger partial charge in [-0.15, -0.1) is 0 Å². The highest BCUT2D eigenvalue weighted by atomic mass is 19.4. The number of nitrogens with one attached hydrogen (secondary N) is 2. The third kappa shape index (κ3) is 4.40. The van der Waals surface area contributed by atoms with Gasteiger partial charge in [0.2, 0.25) is 0 Å². The molecule has 1 fully saturated rings. The molecule has 0 aliphatic carbocycles. The lowest BCUT2D eigenvalue weighted by Crippen LogP contribution is -2.44. The molecule has 7 nitrogen and oxygen atoms in total. The first-order valence-electron chi connectivity index (χ1n) is 10.8. The van der Waals surface area contributed by atoms with Crippen molar-refractivity contribution in [2.24, 2.45) is 0 Å². The highest BCUT2D eigenvalue weighted by Crippen LogP contribution is 2.33. The van der Waals surface area contributed by atoms with Gasteiger partial charge in [0.25, 0.3) is 0 Å². The van der Waals surface area contributed by atoms with Crippen LogP contribution in [-0.4, -0.2) is 58.2 Å². The van der Waals surface area contributed by atoms with Gasteiger partial charge < -0.3 is 24.7 Å². The van der Waals surface area contributed by atoms with Gasteiger partial charge in [0.15, 0.2) is 17.4 Å². The van der Waals surface area contributed by atoms with Gasteiger partial charge in [0.05, 0.1) is 36.1 Å². The summed E-state index contributed by atoms with van der Waals surface area (Å²) in [6, 6.07) is 9.03. The molecule has 182 valence electrons. The summed E-state index contributed by atoms with van der Waals surface area (Å²) in [5.41, 5.74) is -0.0517. The first-order valence-corrected chi connectivity index (χ1v) is 10.8. The summed E-state index contributed by atoms with van der Waals surface area (Å²) in [5.74, 6) is -1.13. The van der Waals surface area contributed by atoms with E-state index in [1.54, 1.807) is 6.07 Å². The Balaban J connectivity index is 1.45. The second-order valence-electron chi connectivity index (χ2n) is 8.21. The van der Waals surface area contributed by atoms with Gasteiger partial charge >= 0.3 is 6.18 Å². The number of aromatic nitrogens is 3. The van der Waals surface area contributed by atoms with Crippen molar-refractivity contribution in [3.05, 3.63) is 71.2 Å². The molecule has 35 heavy (non-hydrogen) atoms. The molecule has 1 atom stereocenters. The van der Waals surface area contributed by atoms with Crippen molar-refractivity contribution in [2.45, 2.75) is 12.3 Å². The van der Waals surface area contributed by atoms with Crippen LogP contribution in [0.5, 0.6) is 0 Å². The maximum Gasteiger partial charge on any atom is 0.417 e. The van der Waals surface area contributed by atoms with E-state index in [2.05, 4.69) is 15.0 Å². The minimum atomic E-state index is -4.67. The molecule has 0 unspecified atom stereocenters. The van der Waals surface area contributed by atoms with Crippen LogP contribution in [0.1, 0.15) is 21.5 Å². The number of ether oxygens (including phenoxy) is 1. The lowest BCUT2D eigenvalue weighted by molar-refractivity contribution is -0.137. The van der Waals surface area contributed by atoms with Crippen LogP contribution in [0.2, 0.25) is 0 Å². The number of benzene rings is 2. The second-order valence-corrected chi connectivity index (χ2v) is 8.21. The Morgan fingerprint density at radius 3 is 2.80 bits per heavy atom. The summed E-state index contributed by atoms with van der Waals surface area (Å²) in [4.78, 5) is 24.8. The van der Waals surface area contributed by atoms with Gasteiger partial charge in [-0.05, 0) is 24.3 Å². The molecule has 11 heteroatoms. The van der Waals surface area contributed by atoms with Gasteiger partial charge in [-0.1, -0.05) is 18.2 Å². The van der Waals surface area contributed by atoms with Crippen molar-refractivity contribution in [1.82, 2.24) is 15.0 Å². The number of anilines is 1. The molecule has 0 saturated carbocycles. The number of ketones is 1. The smallest absolute Gasteiger partial charge is 0.394 e. The number of halogens is 4. The first-order chi connectivity index (χ1) is 16.7. The first kappa shape index (κ1) is 23.1. The van der Waals surface area contributed by atoms with E-state index in [0.29, 0.717) is 36.6 Å². The highest BCUT2D eigenvalue weighted by molar-refractivity contribution is 6.10. The van der Waals surface area contributed by atoms with E-state index in [-0.39, 0.29) is 29.6 Å². The molecule has 1 saturated heterocycles. The SMILES string of the molecule is O=C(c1c[nH]c(-c2nc3c(F)cc(N4CCO[C@H](CO)C4)cc3[nH]2)c1)c1ccccc1C(F)(F)F. The fourth-order valence-electron chi connectivity index (χ4n) is 4.18. The summed E-state index contributed by atoms with van der Waals surface area (Å²) >= 11 is 0. The number of nitrogens with zero attached hydrogens (tertiary/aromatic N) is 2. The van der Waals surface area contributed by atoms with Gasteiger partial charge in [-0.3, -0.25) is 4.79 Å². The standard InChI is InChI=1S/C24H20F4N4O3/c25-18-8-14(32-5-6-35-15(11-32)12-33)9-19-21(18)31-23(30-19)20-7-13(10-29-20)22(34)16-3-1-2-4-17(16)24(26,27)28/h1-4,7-10,15,29,33H,5-6,11-12H2,(H,30,31)/t15-/m0/s1. The zero-order chi connectivity index (χ0) is 24.7. The van der Waals surface area contributed by atoms with Gasteiger partial charge in [-0.2, -0.15) is 13.2 Å². The Morgan fingerprint density at radius 2 is 2.03 bits per heavy atom. The quantitative estimate of drug-likeness (QED) is 0.290. The van der Waals surface area contributed by atoms with Crippen molar-refractivity contribution in [2.75, 3.05) is 31.2 Å². The minimum absolute atomic E-state index is 0.0154. The predicted octanol–water partition coefficient (Wildman–Crippen LogP) is 4.14. The molecule has 3 N–H and O–H groups in total. The maximum absolute atomic E-state index is 14.9. The molecule has 0 spiro atoms. The van der Waals surface area contributed by atoms with Crippen molar-refractivity contribution in [3.8, 4) is 11.5 Å². The number of aliphatic hydroxyl groups excluding tert-OH is 1. The van der Waals surface area contributed by atoms with Gasteiger partial charge in [0.1, 0.15) is 5.52 Å². The number of rotatable bonds is 5. The Bertz CT molecular complexity index is 1400. The molecule has 1 aliphatic rings. The summed E-state index contributed by atoms with van der Waals surface area (Å²) in [7, 11) is 0. The maximum atomic E-state index is 14.9. The van der Waals surface area contributed by atoms with Crippen molar-refractivity contribution >= 4 is 22.5 Å². The largest absolute Gasteiger partial charge is 0.417 e. The van der Waals surface area contributed by atoms with Crippen molar-refractivity contribution in [3.63, 3.8) is 0 Å². The summed E-state index contributed by atoms with van der Waals surface area (Å²) in [6.45, 7) is 1.19. The Hall–Kier alpha value is -3.70. The van der Waals surface area contributed by atoms with Crippen molar-refractivity contribution in [1.29, 1.82) is 0 Å².